The van der Waals surface area contributed by atoms with Crippen molar-refractivity contribution in [2.75, 3.05) is 6.26 Å². The fourth-order valence-corrected chi connectivity index (χ4v) is 4.40. The maximum Gasteiger partial charge on any atom is 0.237 e. The molecule has 2 N–H and O–H groups in total. The van der Waals surface area contributed by atoms with Crippen LogP contribution in [0.5, 0.6) is 0 Å². The van der Waals surface area contributed by atoms with Crippen LogP contribution in [-0.4, -0.2) is 29.5 Å². The molecule has 1 aromatic rings. The third-order valence-corrected chi connectivity index (χ3v) is 5.90. The van der Waals surface area contributed by atoms with Crippen LogP contribution in [0.3, 0.4) is 0 Å². The van der Waals surface area contributed by atoms with E-state index in [-0.39, 0.29) is 11.9 Å². The van der Waals surface area contributed by atoms with E-state index in [0.717, 1.165) is 19.4 Å². The number of amides is 1. The third kappa shape index (κ3) is 3.43. The van der Waals surface area contributed by atoms with Crippen molar-refractivity contribution < 1.29 is 4.79 Å². The molecule has 1 heterocycles. The van der Waals surface area contributed by atoms with Gasteiger partial charge in [-0.15, -0.1) is 0 Å². The van der Waals surface area contributed by atoms with Gasteiger partial charge in [-0.05, 0) is 36.6 Å². The van der Waals surface area contributed by atoms with Gasteiger partial charge in [0, 0.05) is 17.8 Å². The van der Waals surface area contributed by atoms with Gasteiger partial charge in [0.1, 0.15) is 0 Å². The SMILES string of the molecule is CSC1CCCCC1NC(=O)[C@@H]1Cc2ccccc2CN1. The molecule has 1 fully saturated rings. The summed E-state index contributed by atoms with van der Waals surface area (Å²) >= 11 is 1.90. The lowest BCUT2D eigenvalue weighted by atomic mass is 9.93. The smallest absolute Gasteiger partial charge is 0.237 e. The predicted molar refractivity (Wildman–Crippen MR) is 88.5 cm³/mol. The van der Waals surface area contributed by atoms with E-state index in [9.17, 15) is 4.79 Å². The van der Waals surface area contributed by atoms with Gasteiger partial charge < -0.3 is 10.6 Å². The van der Waals surface area contributed by atoms with Crippen LogP contribution in [0.25, 0.3) is 0 Å². The lowest BCUT2D eigenvalue weighted by Gasteiger charge is -2.33. The zero-order valence-electron chi connectivity index (χ0n) is 12.6. The minimum absolute atomic E-state index is 0.0793. The topological polar surface area (TPSA) is 41.1 Å². The third-order valence-electron chi connectivity index (χ3n) is 4.73. The maximum atomic E-state index is 12.6. The lowest BCUT2D eigenvalue weighted by Crippen LogP contribution is -2.53. The summed E-state index contributed by atoms with van der Waals surface area (Å²) in [5, 5.41) is 7.26. The molecule has 3 nitrogen and oxygen atoms in total. The molecule has 0 aromatic heterocycles. The molecule has 1 aliphatic heterocycles. The van der Waals surface area contributed by atoms with Crippen LogP contribution < -0.4 is 10.6 Å². The van der Waals surface area contributed by atoms with Gasteiger partial charge in [0.05, 0.1) is 6.04 Å². The largest absolute Gasteiger partial charge is 0.351 e. The highest BCUT2D eigenvalue weighted by atomic mass is 32.2. The Morgan fingerprint density at radius 1 is 1.24 bits per heavy atom. The molecule has 0 saturated heterocycles. The fourth-order valence-electron chi connectivity index (χ4n) is 3.47. The molecule has 1 aromatic carbocycles. The average molecular weight is 304 g/mol. The molecular weight excluding hydrogens is 280 g/mol. The fraction of sp³-hybridized carbons (Fsp3) is 0.588. The van der Waals surface area contributed by atoms with E-state index in [2.05, 4.69) is 41.2 Å². The molecule has 3 atom stereocenters. The Morgan fingerprint density at radius 3 is 2.81 bits per heavy atom. The van der Waals surface area contributed by atoms with Gasteiger partial charge >= 0.3 is 0 Å². The highest BCUT2D eigenvalue weighted by Crippen LogP contribution is 2.27. The molecular formula is C17H24N2OS. The summed E-state index contributed by atoms with van der Waals surface area (Å²) in [4.78, 5) is 12.6. The second kappa shape index (κ2) is 6.84. The monoisotopic (exact) mass is 304 g/mol. The number of benzene rings is 1. The molecule has 1 saturated carbocycles. The molecule has 4 heteroatoms. The van der Waals surface area contributed by atoms with Crippen molar-refractivity contribution in [3.8, 4) is 0 Å². The normalized spacial score (nSPS) is 28.7. The van der Waals surface area contributed by atoms with Gasteiger partial charge in [0.2, 0.25) is 5.91 Å². The van der Waals surface area contributed by atoms with E-state index in [4.69, 9.17) is 0 Å². The second-order valence-corrected chi connectivity index (χ2v) is 7.16. The van der Waals surface area contributed by atoms with Gasteiger partial charge in [0.25, 0.3) is 0 Å². The van der Waals surface area contributed by atoms with Crippen molar-refractivity contribution in [3.63, 3.8) is 0 Å². The Bertz CT molecular complexity index is 505. The highest BCUT2D eigenvalue weighted by molar-refractivity contribution is 7.99. The number of thioether (sulfide) groups is 1. The Labute approximate surface area is 131 Å². The number of rotatable bonds is 3. The summed E-state index contributed by atoms with van der Waals surface area (Å²) in [5.41, 5.74) is 2.63. The first-order chi connectivity index (χ1) is 10.3. The first-order valence-corrected chi connectivity index (χ1v) is 9.20. The van der Waals surface area contributed by atoms with E-state index in [1.807, 2.05) is 11.8 Å². The first kappa shape index (κ1) is 14.9. The van der Waals surface area contributed by atoms with Crippen molar-refractivity contribution in [2.24, 2.45) is 0 Å². The van der Waals surface area contributed by atoms with Gasteiger partial charge in [-0.25, -0.2) is 0 Å². The number of hydrogen-bond acceptors (Lipinski definition) is 3. The van der Waals surface area contributed by atoms with Crippen LogP contribution in [0.4, 0.5) is 0 Å². The highest BCUT2D eigenvalue weighted by Gasteiger charge is 2.29. The van der Waals surface area contributed by atoms with Gasteiger partial charge in [-0.3, -0.25) is 4.79 Å². The number of fused-ring (bicyclic) bond motifs is 1. The second-order valence-electron chi connectivity index (χ2n) is 6.08. The molecule has 1 amide bonds. The summed E-state index contributed by atoms with van der Waals surface area (Å²) in [6.45, 7) is 0.797. The molecule has 2 aliphatic rings. The Kier molecular flexibility index (Phi) is 4.86. The maximum absolute atomic E-state index is 12.6. The van der Waals surface area contributed by atoms with Crippen molar-refractivity contribution in [2.45, 2.75) is 56.0 Å². The minimum Gasteiger partial charge on any atom is -0.351 e. The summed E-state index contributed by atoms with van der Waals surface area (Å²) in [5.74, 6) is 0.176. The van der Waals surface area contributed by atoms with E-state index in [0.29, 0.717) is 11.3 Å². The quantitative estimate of drug-likeness (QED) is 0.901. The molecule has 0 radical (unpaired) electrons. The van der Waals surface area contributed by atoms with E-state index in [1.54, 1.807) is 0 Å². The standard InChI is InChI=1S/C17H24N2OS/c1-21-16-9-5-4-8-14(16)19-17(20)15-10-12-6-2-3-7-13(12)11-18-15/h2-3,6-7,14-16,18H,4-5,8-11H2,1H3,(H,19,20)/t14?,15-,16?/m0/s1. The molecule has 0 spiro atoms. The molecule has 114 valence electrons. The Morgan fingerprint density at radius 2 is 2.00 bits per heavy atom. The van der Waals surface area contributed by atoms with Crippen LogP contribution in [0.1, 0.15) is 36.8 Å². The first-order valence-electron chi connectivity index (χ1n) is 7.91. The van der Waals surface area contributed by atoms with E-state index < -0.39 is 0 Å². The number of hydrogen-bond donors (Lipinski definition) is 2. The zero-order chi connectivity index (χ0) is 14.7. The predicted octanol–water partition coefficient (Wildman–Crippen LogP) is 2.49. The summed E-state index contributed by atoms with van der Waals surface area (Å²) < 4.78 is 0. The van der Waals surface area contributed by atoms with Crippen molar-refractivity contribution in [1.29, 1.82) is 0 Å². The number of carbonyl (C=O) groups is 1. The van der Waals surface area contributed by atoms with E-state index in [1.165, 1.54) is 30.4 Å². The van der Waals surface area contributed by atoms with Crippen LogP contribution in [0.2, 0.25) is 0 Å². The molecule has 1 aliphatic carbocycles. The molecule has 0 bridgehead atoms. The Balaban J connectivity index is 1.61. The summed E-state index contributed by atoms with van der Waals surface area (Å²) in [6.07, 6.45) is 7.85. The van der Waals surface area contributed by atoms with Crippen LogP contribution in [-0.2, 0) is 17.8 Å². The van der Waals surface area contributed by atoms with Gasteiger partial charge in [-0.2, -0.15) is 11.8 Å². The molecule has 3 rings (SSSR count). The Hall–Kier alpha value is -1.00. The van der Waals surface area contributed by atoms with E-state index >= 15 is 0 Å². The number of nitrogens with one attached hydrogen (secondary N) is 2. The van der Waals surface area contributed by atoms with Crippen molar-refractivity contribution in [3.05, 3.63) is 35.4 Å². The minimum atomic E-state index is -0.0793. The lowest BCUT2D eigenvalue weighted by molar-refractivity contribution is -0.124. The van der Waals surface area contributed by atoms with Crippen LogP contribution in [0, 0.1) is 0 Å². The van der Waals surface area contributed by atoms with Gasteiger partial charge in [-0.1, -0.05) is 37.1 Å². The van der Waals surface area contributed by atoms with Gasteiger partial charge in [0.15, 0.2) is 0 Å². The molecule has 21 heavy (non-hydrogen) atoms. The van der Waals surface area contributed by atoms with Crippen LogP contribution in [0.15, 0.2) is 24.3 Å². The summed E-state index contributed by atoms with van der Waals surface area (Å²) in [7, 11) is 0. The molecule has 2 unspecified atom stereocenters. The number of carbonyl (C=O) groups excluding carboxylic acids is 1. The van der Waals surface area contributed by atoms with Crippen LogP contribution >= 0.6 is 11.8 Å². The van der Waals surface area contributed by atoms with Crippen molar-refractivity contribution in [1.82, 2.24) is 10.6 Å². The average Bonchev–Trinajstić information content (AvgIpc) is 2.55. The van der Waals surface area contributed by atoms with Crippen molar-refractivity contribution >= 4 is 17.7 Å². The summed E-state index contributed by atoms with van der Waals surface area (Å²) in [6, 6.07) is 8.67. The zero-order valence-corrected chi connectivity index (χ0v) is 13.4.